The van der Waals surface area contributed by atoms with Crippen LogP contribution in [-0.2, 0) is 0 Å². The van der Waals surface area contributed by atoms with E-state index in [2.05, 4.69) is 4.98 Å². The van der Waals surface area contributed by atoms with Crippen molar-refractivity contribution in [1.82, 2.24) is 4.98 Å². The summed E-state index contributed by atoms with van der Waals surface area (Å²) in [6, 6.07) is 5.00. The minimum Gasteiger partial charge on any atom is -0.431 e. The highest BCUT2D eigenvalue weighted by atomic mass is 32.2. The van der Waals surface area contributed by atoms with Gasteiger partial charge in [-0.1, -0.05) is 11.8 Å². The Hall–Kier alpha value is -1.30. The highest BCUT2D eigenvalue weighted by molar-refractivity contribution is 7.99. The van der Waals surface area contributed by atoms with Crippen LogP contribution >= 0.6 is 11.8 Å². The molecule has 0 spiro atoms. The number of fused-ring (bicyclic) bond motifs is 1. The fraction of sp³-hybridized carbons (Fsp3) is 0.222. The number of nitrogens with zero attached hydrogens (tertiary/aromatic N) is 1. The predicted octanol–water partition coefficient (Wildman–Crippen LogP) is 2.77. The van der Waals surface area contributed by atoms with Crippen LogP contribution < -0.4 is 5.73 Å². The van der Waals surface area contributed by atoms with Crippen molar-refractivity contribution in [2.75, 3.05) is 11.5 Å². The van der Waals surface area contributed by atoms with E-state index in [-0.39, 0.29) is 11.0 Å². The average Bonchev–Trinajstić information content (AvgIpc) is 2.56. The zero-order chi connectivity index (χ0) is 10.8. The Bertz CT molecular complexity index is 472. The standard InChI is InChI=1S/C9H8F2N2OS/c10-8(11)4-15-9-13-6-2-1-5(12)3-7(6)14-9/h1-3,8H,4,12H2. The van der Waals surface area contributed by atoms with Crippen molar-refractivity contribution >= 4 is 28.5 Å². The number of hydrogen-bond donors (Lipinski definition) is 1. The van der Waals surface area contributed by atoms with Crippen molar-refractivity contribution in [3.8, 4) is 0 Å². The second kappa shape index (κ2) is 4.06. The highest BCUT2D eigenvalue weighted by Crippen LogP contribution is 2.25. The van der Waals surface area contributed by atoms with Gasteiger partial charge in [0, 0.05) is 11.8 Å². The Balaban J connectivity index is 2.23. The Kier molecular flexibility index (Phi) is 2.77. The Morgan fingerprint density at radius 2 is 2.27 bits per heavy atom. The SMILES string of the molecule is Nc1ccc2nc(SCC(F)F)oc2c1. The van der Waals surface area contributed by atoms with E-state index < -0.39 is 6.43 Å². The smallest absolute Gasteiger partial charge is 0.256 e. The fourth-order valence-electron chi connectivity index (χ4n) is 1.12. The first-order chi connectivity index (χ1) is 7.15. The molecule has 0 fully saturated rings. The van der Waals surface area contributed by atoms with E-state index in [0.717, 1.165) is 11.8 Å². The lowest BCUT2D eigenvalue weighted by Crippen LogP contribution is -1.92. The number of hydrogen-bond acceptors (Lipinski definition) is 4. The summed E-state index contributed by atoms with van der Waals surface area (Å²) in [5.41, 5.74) is 7.25. The van der Waals surface area contributed by atoms with Gasteiger partial charge in [-0.2, -0.15) is 0 Å². The molecular formula is C9H8F2N2OS. The van der Waals surface area contributed by atoms with E-state index in [1.54, 1.807) is 18.2 Å². The van der Waals surface area contributed by atoms with Crippen LogP contribution in [0.4, 0.5) is 14.5 Å². The number of nitrogens with two attached hydrogens (primary N) is 1. The second-order valence-electron chi connectivity index (χ2n) is 2.91. The van der Waals surface area contributed by atoms with Gasteiger partial charge in [0.05, 0.1) is 5.75 Å². The molecule has 15 heavy (non-hydrogen) atoms. The molecule has 0 bridgehead atoms. The third-order valence-electron chi connectivity index (χ3n) is 1.73. The number of alkyl halides is 2. The van der Waals surface area contributed by atoms with Gasteiger partial charge < -0.3 is 10.2 Å². The minimum absolute atomic E-state index is 0.246. The van der Waals surface area contributed by atoms with Gasteiger partial charge in [-0.25, -0.2) is 13.8 Å². The molecule has 0 aliphatic heterocycles. The summed E-state index contributed by atoms with van der Waals surface area (Å²) in [5, 5.41) is 0.246. The molecule has 2 aromatic rings. The number of benzene rings is 1. The maximum absolute atomic E-state index is 11.9. The maximum Gasteiger partial charge on any atom is 0.256 e. The van der Waals surface area contributed by atoms with Crippen LogP contribution in [0.3, 0.4) is 0 Å². The second-order valence-corrected chi connectivity index (χ2v) is 3.88. The van der Waals surface area contributed by atoms with E-state index in [9.17, 15) is 8.78 Å². The number of oxazole rings is 1. The molecular weight excluding hydrogens is 222 g/mol. The highest BCUT2D eigenvalue weighted by Gasteiger charge is 2.09. The molecule has 2 rings (SSSR count). The molecule has 3 nitrogen and oxygen atoms in total. The van der Waals surface area contributed by atoms with Gasteiger partial charge in [0.15, 0.2) is 5.58 Å². The third-order valence-corrected chi connectivity index (χ3v) is 2.57. The van der Waals surface area contributed by atoms with Crippen LogP contribution in [0.15, 0.2) is 27.8 Å². The molecule has 0 saturated carbocycles. The number of thioether (sulfide) groups is 1. The normalized spacial score (nSPS) is 11.4. The largest absolute Gasteiger partial charge is 0.431 e. The first kappa shape index (κ1) is 10.2. The van der Waals surface area contributed by atoms with Crippen LogP contribution in [0.25, 0.3) is 11.1 Å². The van der Waals surface area contributed by atoms with Crippen molar-refractivity contribution in [2.45, 2.75) is 11.6 Å². The molecule has 0 atom stereocenters. The Morgan fingerprint density at radius 3 is 3.00 bits per heavy atom. The van der Waals surface area contributed by atoms with Crippen LogP contribution in [0.1, 0.15) is 0 Å². The van der Waals surface area contributed by atoms with E-state index in [1.807, 2.05) is 0 Å². The monoisotopic (exact) mass is 230 g/mol. The topological polar surface area (TPSA) is 52.0 Å². The summed E-state index contributed by atoms with van der Waals surface area (Å²) in [7, 11) is 0. The lowest BCUT2D eigenvalue weighted by molar-refractivity contribution is 0.176. The quantitative estimate of drug-likeness (QED) is 0.650. The Morgan fingerprint density at radius 1 is 1.47 bits per heavy atom. The first-order valence-corrected chi connectivity index (χ1v) is 5.21. The van der Waals surface area contributed by atoms with E-state index in [0.29, 0.717) is 16.8 Å². The molecule has 1 heterocycles. The lowest BCUT2D eigenvalue weighted by Gasteiger charge is -1.92. The van der Waals surface area contributed by atoms with Crippen LogP contribution in [0, 0.1) is 0 Å². The zero-order valence-electron chi connectivity index (χ0n) is 7.61. The molecule has 0 radical (unpaired) electrons. The first-order valence-electron chi connectivity index (χ1n) is 4.22. The van der Waals surface area contributed by atoms with Gasteiger partial charge in [-0.15, -0.1) is 0 Å². The van der Waals surface area contributed by atoms with Gasteiger partial charge in [0.1, 0.15) is 5.52 Å². The van der Waals surface area contributed by atoms with Crippen molar-refractivity contribution in [2.24, 2.45) is 0 Å². The van der Waals surface area contributed by atoms with Gasteiger partial charge >= 0.3 is 0 Å². The number of nitrogen functional groups attached to an aromatic ring is 1. The van der Waals surface area contributed by atoms with Crippen LogP contribution in [0.5, 0.6) is 0 Å². The van der Waals surface area contributed by atoms with E-state index in [1.165, 1.54) is 0 Å². The van der Waals surface area contributed by atoms with Gasteiger partial charge in [0.25, 0.3) is 5.22 Å². The third kappa shape index (κ3) is 2.38. The molecule has 0 unspecified atom stereocenters. The molecule has 1 aromatic heterocycles. The number of anilines is 1. The summed E-state index contributed by atoms with van der Waals surface area (Å²) in [4.78, 5) is 4.03. The molecule has 0 amide bonds. The molecule has 1 aromatic carbocycles. The number of rotatable bonds is 3. The van der Waals surface area contributed by atoms with Crippen molar-refractivity contribution in [1.29, 1.82) is 0 Å². The molecule has 0 saturated heterocycles. The van der Waals surface area contributed by atoms with Gasteiger partial charge in [-0.3, -0.25) is 0 Å². The molecule has 80 valence electrons. The fourth-order valence-corrected chi connectivity index (χ4v) is 1.70. The molecule has 2 N–H and O–H groups in total. The van der Waals surface area contributed by atoms with E-state index >= 15 is 0 Å². The lowest BCUT2D eigenvalue weighted by atomic mass is 10.3. The predicted molar refractivity (Wildman–Crippen MR) is 55.1 cm³/mol. The van der Waals surface area contributed by atoms with Crippen LogP contribution in [-0.4, -0.2) is 17.2 Å². The summed E-state index contributed by atoms with van der Waals surface area (Å²) in [6.07, 6.45) is -2.37. The van der Waals surface area contributed by atoms with Crippen molar-refractivity contribution < 1.29 is 13.2 Å². The van der Waals surface area contributed by atoms with Crippen molar-refractivity contribution in [3.05, 3.63) is 18.2 Å². The van der Waals surface area contributed by atoms with Gasteiger partial charge in [0.2, 0.25) is 6.43 Å². The van der Waals surface area contributed by atoms with Crippen molar-refractivity contribution in [3.63, 3.8) is 0 Å². The average molecular weight is 230 g/mol. The molecule has 6 heteroatoms. The van der Waals surface area contributed by atoms with Crippen LogP contribution in [0.2, 0.25) is 0 Å². The number of halogens is 2. The molecule has 0 aliphatic rings. The van der Waals surface area contributed by atoms with E-state index in [4.69, 9.17) is 10.2 Å². The Labute approximate surface area is 88.7 Å². The summed E-state index contributed by atoms with van der Waals surface area (Å²) in [6.45, 7) is 0. The summed E-state index contributed by atoms with van der Waals surface area (Å²) >= 11 is 0.892. The number of aromatic nitrogens is 1. The minimum atomic E-state index is -2.37. The summed E-state index contributed by atoms with van der Waals surface area (Å²) < 4.78 is 29.1. The van der Waals surface area contributed by atoms with Gasteiger partial charge in [-0.05, 0) is 12.1 Å². The maximum atomic E-state index is 11.9. The molecule has 0 aliphatic carbocycles. The zero-order valence-corrected chi connectivity index (χ0v) is 8.43. The summed E-state index contributed by atoms with van der Waals surface area (Å²) in [5.74, 6) is -0.317.